The molecule has 1 amide bonds. The molecule has 5 rings (SSSR count). The summed E-state index contributed by atoms with van der Waals surface area (Å²) in [5.41, 5.74) is 3.47. The zero-order valence-electron chi connectivity index (χ0n) is 21.1. The third kappa shape index (κ3) is 5.14. The van der Waals surface area contributed by atoms with E-state index in [0.717, 1.165) is 11.1 Å². The Morgan fingerprint density at radius 3 is 2.63 bits per heavy atom. The smallest absolute Gasteiger partial charge is 0.255 e. The summed E-state index contributed by atoms with van der Waals surface area (Å²) in [5.74, 6) is 1.99. The molecule has 0 spiro atoms. The summed E-state index contributed by atoms with van der Waals surface area (Å²) < 4.78 is 18.5. The Hall–Kier alpha value is -4.50. The predicted molar refractivity (Wildman–Crippen MR) is 145 cm³/mol. The van der Waals surface area contributed by atoms with Crippen molar-refractivity contribution in [2.75, 3.05) is 24.9 Å². The summed E-state index contributed by atoms with van der Waals surface area (Å²) in [6.45, 7) is 2.22. The largest absolute Gasteiger partial charge is 0.497 e. The molecule has 9 nitrogen and oxygen atoms in total. The number of benzene rings is 3. The summed E-state index contributed by atoms with van der Waals surface area (Å²) in [7, 11) is 3.11. The molecule has 3 aromatic carbocycles. The summed E-state index contributed by atoms with van der Waals surface area (Å²) in [6.07, 6.45) is 1.46. The van der Waals surface area contributed by atoms with E-state index in [4.69, 9.17) is 25.8 Å². The second kappa shape index (κ2) is 10.9. The minimum Gasteiger partial charge on any atom is -0.497 e. The normalized spacial score (nSPS) is 14.4. The van der Waals surface area contributed by atoms with Gasteiger partial charge in [0.15, 0.2) is 0 Å². The zero-order chi connectivity index (χ0) is 26.6. The molecular weight excluding hydrogens is 506 g/mol. The first kappa shape index (κ1) is 25.2. The van der Waals surface area contributed by atoms with Crippen molar-refractivity contribution in [3.05, 3.63) is 100 Å². The van der Waals surface area contributed by atoms with Crippen LogP contribution in [0, 0.1) is 0 Å². The first-order valence-electron chi connectivity index (χ1n) is 11.8. The van der Waals surface area contributed by atoms with E-state index in [1.165, 1.54) is 13.4 Å². The van der Waals surface area contributed by atoms with E-state index < -0.39 is 6.04 Å². The quantitative estimate of drug-likeness (QED) is 0.311. The summed E-state index contributed by atoms with van der Waals surface area (Å²) in [5, 5.41) is 11.2. The third-order valence-corrected chi connectivity index (χ3v) is 6.44. The van der Waals surface area contributed by atoms with E-state index in [1.807, 2.05) is 55.5 Å². The van der Waals surface area contributed by atoms with E-state index in [-0.39, 0.29) is 5.91 Å². The van der Waals surface area contributed by atoms with Crippen LogP contribution >= 0.6 is 11.6 Å². The van der Waals surface area contributed by atoms with Gasteiger partial charge < -0.3 is 24.8 Å². The standard InChI is InChI=1S/C28H26ClN5O4/c1-17-25(27(35)33-23-12-11-21(36-2)14-24(23)37-3)26(34-28(32-17)30-16-31-34)19-5-4-6-22(13-19)38-15-18-7-9-20(29)10-8-18/h4-14,16,26H,15H2,1-3H3,(H,33,35)(H,30,31,32)/t26-/m1/s1. The Balaban J connectivity index is 1.46. The van der Waals surface area contributed by atoms with Crippen LogP contribution in [-0.4, -0.2) is 34.9 Å². The van der Waals surface area contributed by atoms with Crippen LogP contribution in [-0.2, 0) is 11.4 Å². The lowest BCUT2D eigenvalue weighted by Gasteiger charge is -2.29. The van der Waals surface area contributed by atoms with Gasteiger partial charge in [-0.1, -0.05) is 35.9 Å². The van der Waals surface area contributed by atoms with Gasteiger partial charge >= 0.3 is 0 Å². The monoisotopic (exact) mass is 531 g/mol. The van der Waals surface area contributed by atoms with Crippen LogP contribution in [0.15, 0.2) is 84.3 Å². The fourth-order valence-corrected chi connectivity index (χ4v) is 4.43. The van der Waals surface area contributed by atoms with Crippen molar-refractivity contribution >= 4 is 29.1 Å². The van der Waals surface area contributed by atoms with Gasteiger partial charge in [0, 0.05) is 16.8 Å². The number of halogens is 1. The van der Waals surface area contributed by atoms with E-state index in [9.17, 15) is 4.79 Å². The number of carbonyl (C=O) groups is 1. The van der Waals surface area contributed by atoms with Gasteiger partial charge in [-0.3, -0.25) is 4.79 Å². The van der Waals surface area contributed by atoms with Crippen LogP contribution in [0.25, 0.3) is 0 Å². The number of anilines is 2. The average molecular weight is 532 g/mol. The molecule has 10 heteroatoms. The van der Waals surface area contributed by atoms with E-state index in [1.54, 1.807) is 30.0 Å². The first-order valence-corrected chi connectivity index (χ1v) is 12.2. The highest BCUT2D eigenvalue weighted by atomic mass is 35.5. The molecular formula is C28H26ClN5O4. The van der Waals surface area contributed by atoms with Gasteiger partial charge in [-0.05, 0) is 54.4 Å². The van der Waals surface area contributed by atoms with Gasteiger partial charge in [-0.25, -0.2) is 4.68 Å². The predicted octanol–water partition coefficient (Wildman–Crippen LogP) is 5.46. The highest BCUT2D eigenvalue weighted by molar-refractivity contribution is 6.30. The number of nitrogens with one attached hydrogen (secondary N) is 2. The number of amides is 1. The van der Waals surface area contributed by atoms with Crippen molar-refractivity contribution in [3.8, 4) is 17.2 Å². The average Bonchev–Trinajstić information content (AvgIpc) is 3.40. The molecule has 4 aromatic rings. The molecule has 2 heterocycles. The number of hydrogen-bond acceptors (Lipinski definition) is 7. The molecule has 0 saturated carbocycles. The minimum absolute atomic E-state index is 0.308. The molecule has 194 valence electrons. The van der Waals surface area contributed by atoms with Gasteiger partial charge in [-0.15, -0.1) is 0 Å². The molecule has 0 aliphatic carbocycles. The maximum Gasteiger partial charge on any atom is 0.255 e. The summed E-state index contributed by atoms with van der Waals surface area (Å²) >= 11 is 5.99. The lowest BCUT2D eigenvalue weighted by molar-refractivity contribution is -0.113. The molecule has 0 saturated heterocycles. The van der Waals surface area contributed by atoms with Crippen LogP contribution < -0.4 is 24.8 Å². The number of allylic oxidation sites excluding steroid dienone is 1. The Morgan fingerprint density at radius 2 is 1.87 bits per heavy atom. The van der Waals surface area contributed by atoms with Crippen molar-refractivity contribution in [1.29, 1.82) is 0 Å². The highest BCUT2D eigenvalue weighted by Crippen LogP contribution is 2.37. The molecule has 1 atom stereocenters. The zero-order valence-corrected chi connectivity index (χ0v) is 21.8. The Bertz CT molecular complexity index is 1500. The van der Waals surface area contributed by atoms with E-state index in [0.29, 0.717) is 51.8 Å². The fourth-order valence-electron chi connectivity index (χ4n) is 4.31. The van der Waals surface area contributed by atoms with Crippen LogP contribution in [0.3, 0.4) is 0 Å². The number of rotatable bonds is 8. The molecule has 1 aromatic heterocycles. The maximum atomic E-state index is 13.7. The number of carbonyl (C=O) groups excluding carboxylic acids is 1. The Labute approximate surface area is 225 Å². The lowest BCUT2D eigenvalue weighted by atomic mass is 9.94. The van der Waals surface area contributed by atoms with Gasteiger partial charge in [0.25, 0.3) is 5.91 Å². The molecule has 1 aliphatic heterocycles. The third-order valence-electron chi connectivity index (χ3n) is 6.19. The highest BCUT2D eigenvalue weighted by Gasteiger charge is 2.34. The second-order valence-electron chi connectivity index (χ2n) is 8.60. The van der Waals surface area contributed by atoms with Crippen LogP contribution in [0.5, 0.6) is 17.2 Å². The molecule has 0 unspecified atom stereocenters. The number of nitrogens with zero attached hydrogens (tertiary/aromatic N) is 3. The molecule has 0 radical (unpaired) electrons. The van der Waals surface area contributed by atoms with Crippen molar-refractivity contribution in [1.82, 2.24) is 14.8 Å². The van der Waals surface area contributed by atoms with Gasteiger partial charge in [0.2, 0.25) is 5.95 Å². The minimum atomic E-state index is -0.544. The fraction of sp³-hybridized carbons (Fsp3) is 0.179. The number of methoxy groups -OCH3 is 2. The summed E-state index contributed by atoms with van der Waals surface area (Å²) in [4.78, 5) is 18.1. The molecule has 0 bridgehead atoms. The van der Waals surface area contributed by atoms with Crippen molar-refractivity contribution in [2.45, 2.75) is 19.6 Å². The second-order valence-corrected chi connectivity index (χ2v) is 9.04. The van der Waals surface area contributed by atoms with E-state index >= 15 is 0 Å². The van der Waals surface area contributed by atoms with Crippen molar-refractivity contribution in [2.24, 2.45) is 0 Å². The Kier molecular flexibility index (Phi) is 7.19. The molecule has 1 aliphatic rings. The lowest BCUT2D eigenvalue weighted by Crippen LogP contribution is -2.31. The van der Waals surface area contributed by atoms with Gasteiger partial charge in [0.05, 0.1) is 25.5 Å². The molecule has 2 N–H and O–H groups in total. The Morgan fingerprint density at radius 1 is 1.05 bits per heavy atom. The number of aromatic nitrogens is 3. The van der Waals surface area contributed by atoms with Crippen LogP contribution in [0.4, 0.5) is 11.6 Å². The SMILES string of the molecule is COc1ccc(NC(=O)C2=C(C)Nc3ncnn3[C@@H]2c2cccc(OCc3ccc(Cl)cc3)c2)c(OC)c1. The number of ether oxygens (including phenoxy) is 3. The number of hydrogen-bond donors (Lipinski definition) is 2. The summed E-state index contributed by atoms with van der Waals surface area (Å²) in [6, 6.07) is 19.8. The van der Waals surface area contributed by atoms with Crippen LogP contribution in [0.1, 0.15) is 24.1 Å². The van der Waals surface area contributed by atoms with Crippen molar-refractivity contribution < 1.29 is 19.0 Å². The van der Waals surface area contributed by atoms with E-state index in [2.05, 4.69) is 20.7 Å². The molecule has 38 heavy (non-hydrogen) atoms. The van der Waals surface area contributed by atoms with Crippen LogP contribution in [0.2, 0.25) is 5.02 Å². The first-order chi connectivity index (χ1) is 18.5. The van der Waals surface area contributed by atoms with Gasteiger partial charge in [0.1, 0.15) is 36.2 Å². The maximum absolute atomic E-state index is 13.7. The molecule has 0 fully saturated rings. The van der Waals surface area contributed by atoms with Crippen molar-refractivity contribution in [3.63, 3.8) is 0 Å². The number of fused-ring (bicyclic) bond motifs is 1. The van der Waals surface area contributed by atoms with Gasteiger partial charge in [-0.2, -0.15) is 10.1 Å². The topological polar surface area (TPSA) is 99.5 Å².